The second kappa shape index (κ2) is 6.26. The number of rotatable bonds is 4. The molecule has 0 aliphatic heterocycles. The van der Waals surface area contributed by atoms with E-state index in [1.807, 2.05) is 0 Å². The topological polar surface area (TPSA) is 43.4 Å². The zero-order chi connectivity index (χ0) is 15.5. The van der Waals surface area contributed by atoms with Crippen LogP contribution in [0.2, 0.25) is 0 Å². The number of hydrogen-bond acceptors (Lipinski definition) is 3. The van der Waals surface area contributed by atoms with Crippen molar-refractivity contribution in [3.63, 3.8) is 0 Å². The molecule has 0 saturated heterocycles. The molecule has 0 bridgehead atoms. The van der Waals surface area contributed by atoms with Gasteiger partial charge in [0.15, 0.2) is 5.78 Å². The van der Waals surface area contributed by atoms with Crippen molar-refractivity contribution >= 4 is 23.4 Å². The van der Waals surface area contributed by atoms with Crippen LogP contribution in [0.1, 0.15) is 40.1 Å². The van der Waals surface area contributed by atoms with Crippen LogP contribution in [0.4, 0.5) is 13.2 Å². The Morgan fingerprint density at radius 1 is 1.35 bits per heavy atom. The molecule has 0 radical (unpaired) electrons. The van der Waals surface area contributed by atoms with Gasteiger partial charge in [0, 0.05) is 5.56 Å². The van der Waals surface area contributed by atoms with Gasteiger partial charge < -0.3 is 4.74 Å². The lowest BCUT2D eigenvalue weighted by Gasteiger charge is -2.14. The normalized spacial score (nSPS) is 12.9. The fourth-order valence-electron chi connectivity index (χ4n) is 1.55. The van der Waals surface area contributed by atoms with Crippen LogP contribution in [-0.2, 0) is 10.9 Å². The molecule has 1 atom stereocenters. The Balaban J connectivity index is 3.36. The zero-order valence-corrected chi connectivity index (χ0v) is 11.5. The van der Waals surface area contributed by atoms with Gasteiger partial charge >= 0.3 is 12.1 Å². The predicted octanol–water partition coefficient (Wildman–Crippen LogP) is 3.69. The summed E-state index contributed by atoms with van der Waals surface area (Å²) in [7, 11) is 0. The van der Waals surface area contributed by atoms with Gasteiger partial charge in [-0.25, -0.2) is 4.79 Å². The molecule has 1 rings (SSSR count). The van der Waals surface area contributed by atoms with Crippen molar-refractivity contribution in [3.8, 4) is 0 Å². The van der Waals surface area contributed by atoms with Gasteiger partial charge in [-0.2, -0.15) is 13.2 Å². The van der Waals surface area contributed by atoms with Gasteiger partial charge in [0.25, 0.3) is 0 Å². The maximum Gasteiger partial charge on any atom is 0.417 e. The maximum atomic E-state index is 12.8. The quantitative estimate of drug-likeness (QED) is 0.484. The van der Waals surface area contributed by atoms with E-state index >= 15 is 0 Å². The Kier molecular flexibility index (Phi) is 5.16. The molecule has 0 saturated carbocycles. The number of carbonyl (C=O) groups is 2. The van der Waals surface area contributed by atoms with Gasteiger partial charge in [0.2, 0.25) is 0 Å². The molecule has 20 heavy (non-hydrogen) atoms. The molecule has 0 heterocycles. The van der Waals surface area contributed by atoms with E-state index in [9.17, 15) is 22.8 Å². The molecule has 0 fully saturated rings. The molecule has 0 N–H and O–H groups in total. The molecule has 7 heteroatoms. The van der Waals surface area contributed by atoms with Gasteiger partial charge in [-0.15, -0.1) is 11.6 Å². The highest BCUT2D eigenvalue weighted by atomic mass is 35.5. The minimum absolute atomic E-state index is 0.0784. The third-order valence-electron chi connectivity index (χ3n) is 2.46. The van der Waals surface area contributed by atoms with Crippen molar-refractivity contribution in [2.24, 2.45) is 0 Å². The number of esters is 1. The number of hydrogen-bond donors (Lipinski definition) is 0. The maximum absolute atomic E-state index is 12.8. The predicted molar refractivity (Wildman–Crippen MR) is 67.0 cm³/mol. The molecule has 1 aromatic carbocycles. The first kappa shape index (κ1) is 16.5. The van der Waals surface area contributed by atoms with Crippen LogP contribution in [0.3, 0.4) is 0 Å². The summed E-state index contributed by atoms with van der Waals surface area (Å²) >= 11 is 5.54. The first-order valence-corrected chi connectivity index (χ1v) is 6.18. The number of carbonyl (C=O) groups excluding carboxylic acids is 2. The van der Waals surface area contributed by atoms with Crippen molar-refractivity contribution in [1.29, 1.82) is 0 Å². The average Bonchev–Trinajstić information content (AvgIpc) is 2.36. The fraction of sp³-hybridized carbons (Fsp3) is 0.385. The van der Waals surface area contributed by atoms with Crippen LogP contribution in [0.5, 0.6) is 0 Å². The number of benzene rings is 1. The summed E-state index contributed by atoms with van der Waals surface area (Å²) in [6, 6.07) is 2.51. The van der Waals surface area contributed by atoms with E-state index in [-0.39, 0.29) is 12.2 Å². The van der Waals surface area contributed by atoms with Crippen LogP contribution >= 0.6 is 11.6 Å². The zero-order valence-electron chi connectivity index (χ0n) is 10.8. The molecule has 0 aliphatic rings. The van der Waals surface area contributed by atoms with Gasteiger partial charge in [0.1, 0.15) is 0 Å². The number of alkyl halides is 4. The Bertz CT molecular complexity index is 524. The van der Waals surface area contributed by atoms with Crippen molar-refractivity contribution in [3.05, 3.63) is 34.9 Å². The number of halogens is 4. The summed E-state index contributed by atoms with van der Waals surface area (Å²) in [5, 5.41) is -1.13. The third-order valence-corrected chi connectivity index (χ3v) is 2.66. The highest BCUT2D eigenvalue weighted by Crippen LogP contribution is 2.33. The minimum atomic E-state index is -4.70. The number of ketones is 1. The van der Waals surface area contributed by atoms with E-state index in [1.165, 1.54) is 6.92 Å². The standard InChI is InChI=1S/C13H12ClF3O3/c1-3-20-12(19)8-4-5-10(13(15,16)17)9(6-8)11(18)7(2)14/h4-7H,3H2,1-2H3. The van der Waals surface area contributed by atoms with Gasteiger partial charge in [-0.05, 0) is 32.0 Å². The third kappa shape index (κ3) is 3.72. The second-order valence-corrected chi connectivity index (χ2v) is 4.61. The van der Waals surface area contributed by atoms with Crippen LogP contribution in [0.25, 0.3) is 0 Å². The van der Waals surface area contributed by atoms with Crippen molar-refractivity contribution in [2.45, 2.75) is 25.4 Å². The summed E-state index contributed by atoms with van der Waals surface area (Å²) in [6.45, 7) is 2.91. The number of ether oxygens (including phenoxy) is 1. The average molecular weight is 309 g/mol. The molecule has 0 aromatic heterocycles. The van der Waals surface area contributed by atoms with Crippen molar-refractivity contribution in [2.75, 3.05) is 6.61 Å². The minimum Gasteiger partial charge on any atom is -0.462 e. The fourth-order valence-corrected chi connectivity index (χ4v) is 1.67. The molecule has 0 aliphatic carbocycles. The lowest BCUT2D eigenvalue weighted by Crippen LogP contribution is -2.19. The lowest BCUT2D eigenvalue weighted by molar-refractivity contribution is -0.137. The highest BCUT2D eigenvalue weighted by Gasteiger charge is 2.36. The van der Waals surface area contributed by atoms with Crippen LogP contribution in [0, 0.1) is 0 Å². The summed E-state index contributed by atoms with van der Waals surface area (Å²) in [5.41, 5.74) is -1.88. The Labute approximate surface area is 118 Å². The first-order chi connectivity index (χ1) is 9.18. The monoisotopic (exact) mass is 308 g/mol. The summed E-state index contributed by atoms with van der Waals surface area (Å²) in [6.07, 6.45) is -4.70. The van der Waals surface area contributed by atoms with E-state index in [4.69, 9.17) is 11.6 Å². The van der Waals surface area contributed by atoms with Gasteiger partial charge in [0.05, 0.1) is 23.1 Å². The van der Waals surface area contributed by atoms with E-state index in [1.54, 1.807) is 6.92 Å². The second-order valence-electron chi connectivity index (χ2n) is 3.96. The van der Waals surface area contributed by atoms with Gasteiger partial charge in [-0.3, -0.25) is 4.79 Å². The first-order valence-electron chi connectivity index (χ1n) is 5.75. The Hall–Kier alpha value is -1.56. The molecule has 0 spiro atoms. The molecule has 110 valence electrons. The summed E-state index contributed by atoms with van der Waals surface area (Å²) < 4.78 is 43.2. The van der Waals surface area contributed by atoms with E-state index in [0.717, 1.165) is 12.1 Å². The van der Waals surface area contributed by atoms with Crippen molar-refractivity contribution < 1.29 is 27.5 Å². The summed E-state index contributed by atoms with van der Waals surface area (Å²) in [4.78, 5) is 23.3. The SMILES string of the molecule is CCOC(=O)c1ccc(C(F)(F)F)c(C(=O)C(C)Cl)c1. The van der Waals surface area contributed by atoms with Crippen molar-refractivity contribution in [1.82, 2.24) is 0 Å². The molecular weight excluding hydrogens is 297 g/mol. The smallest absolute Gasteiger partial charge is 0.417 e. The molecular formula is C13H12ClF3O3. The summed E-state index contributed by atoms with van der Waals surface area (Å²) in [5.74, 6) is -1.69. The van der Waals surface area contributed by atoms with E-state index in [0.29, 0.717) is 6.07 Å². The van der Waals surface area contributed by atoms with E-state index < -0.39 is 34.4 Å². The van der Waals surface area contributed by atoms with Crippen LogP contribution in [0.15, 0.2) is 18.2 Å². The molecule has 1 aromatic rings. The van der Waals surface area contributed by atoms with Crippen LogP contribution < -0.4 is 0 Å². The molecule has 0 amide bonds. The Morgan fingerprint density at radius 3 is 2.40 bits per heavy atom. The van der Waals surface area contributed by atoms with Crippen LogP contribution in [-0.4, -0.2) is 23.7 Å². The largest absolute Gasteiger partial charge is 0.462 e. The Morgan fingerprint density at radius 2 is 1.95 bits per heavy atom. The van der Waals surface area contributed by atoms with E-state index in [2.05, 4.69) is 4.74 Å². The highest BCUT2D eigenvalue weighted by molar-refractivity contribution is 6.33. The number of Topliss-reactive ketones (excluding diaryl/α,β-unsaturated/α-hetero) is 1. The lowest BCUT2D eigenvalue weighted by atomic mass is 9.98. The van der Waals surface area contributed by atoms with Gasteiger partial charge in [-0.1, -0.05) is 0 Å². The molecule has 1 unspecified atom stereocenters. The molecule has 3 nitrogen and oxygen atoms in total.